The van der Waals surface area contributed by atoms with Crippen molar-refractivity contribution in [3.05, 3.63) is 11.7 Å². The van der Waals surface area contributed by atoms with Crippen LogP contribution in [0.3, 0.4) is 0 Å². The van der Waals surface area contributed by atoms with Crippen LogP contribution in [0, 0.1) is 5.92 Å². The molecular formula is C10H16N2O. The van der Waals surface area contributed by atoms with Gasteiger partial charge in [-0.2, -0.15) is 4.98 Å². The largest absolute Gasteiger partial charge is 0.339 e. The van der Waals surface area contributed by atoms with E-state index in [1.54, 1.807) is 0 Å². The van der Waals surface area contributed by atoms with Crippen LogP contribution in [-0.4, -0.2) is 10.1 Å². The standard InChI is InChI=1S/C10H16N2O/c1-6-5-7(6)8-11-9(12-13-8)10(2,3)4/h6-7H,5H2,1-4H3. The van der Waals surface area contributed by atoms with Crippen LogP contribution in [0.15, 0.2) is 4.52 Å². The normalized spacial score (nSPS) is 27.7. The molecule has 3 nitrogen and oxygen atoms in total. The van der Waals surface area contributed by atoms with E-state index in [0.717, 1.165) is 17.6 Å². The van der Waals surface area contributed by atoms with E-state index in [1.165, 1.54) is 6.42 Å². The van der Waals surface area contributed by atoms with Crippen molar-refractivity contribution in [2.75, 3.05) is 0 Å². The summed E-state index contributed by atoms with van der Waals surface area (Å²) in [5.41, 5.74) is -0.000121. The molecule has 1 saturated carbocycles. The van der Waals surface area contributed by atoms with Gasteiger partial charge in [-0.3, -0.25) is 0 Å². The van der Waals surface area contributed by atoms with E-state index in [2.05, 4.69) is 37.8 Å². The molecule has 0 N–H and O–H groups in total. The van der Waals surface area contributed by atoms with Crippen molar-refractivity contribution in [3.8, 4) is 0 Å². The fourth-order valence-corrected chi connectivity index (χ4v) is 1.36. The van der Waals surface area contributed by atoms with Gasteiger partial charge >= 0.3 is 0 Å². The lowest BCUT2D eigenvalue weighted by molar-refractivity contribution is 0.361. The zero-order valence-electron chi connectivity index (χ0n) is 8.66. The zero-order valence-corrected chi connectivity index (χ0v) is 8.66. The molecule has 0 saturated heterocycles. The fourth-order valence-electron chi connectivity index (χ4n) is 1.36. The second-order valence-electron chi connectivity index (χ2n) is 5.03. The Balaban J connectivity index is 2.19. The van der Waals surface area contributed by atoms with Crippen molar-refractivity contribution >= 4 is 0 Å². The van der Waals surface area contributed by atoms with Gasteiger partial charge in [-0.15, -0.1) is 0 Å². The topological polar surface area (TPSA) is 38.9 Å². The van der Waals surface area contributed by atoms with Crippen LogP contribution in [0.25, 0.3) is 0 Å². The van der Waals surface area contributed by atoms with Gasteiger partial charge < -0.3 is 4.52 Å². The maximum absolute atomic E-state index is 5.22. The van der Waals surface area contributed by atoms with Gasteiger partial charge in [0.2, 0.25) is 5.89 Å². The van der Waals surface area contributed by atoms with Crippen molar-refractivity contribution in [1.29, 1.82) is 0 Å². The van der Waals surface area contributed by atoms with Crippen LogP contribution < -0.4 is 0 Å². The number of aromatic nitrogens is 2. The summed E-state index contributed by atoms with van der Waals surface area (Å²) < 4.78 is 5.22. The summed E-state index contributed by atoms with van der Waals surface area (Å²) in [6.07, 6.45) is 1.20. The summed E-state index contributed by atoms with van der Waals surface area (Å²) in [4.78, 5) is 4.42. The lowest BCUT2D eigenvalue weighted by Crippen LogP contribution is -2.13. The van der Waals surface area contributed by atoms with E-state index in [-0.39, 0.29) is 5.41 Å². The van der Waals surface area contributed by atoms with E-state index >= 15 is 0 Å². The first kappa shape index (κ1) is 8.73. The summed E-state index contributed by atoms with van der Waals surface area (Å²) >= 11 is 0. The van der Waals surface area contributed by atoms with Crippen molar-refractivity contribution < 1.29 is 4.52 Å². The molecule has 2 atom stereocenters. The van der Waals surface area contributed by atoms with Crippen LogP contribution in [0.5, 0.6) is 0 Å². The van der Waals surface area contributed by atoms with Gasteiger partial charge in [0.1, 0.15) is 0 Å². The average molecular weight is 180 g/mol. The third-order valence-electron chi connectivity index (χ3n) is 2.54. The Labute approximate surface area is 78.5 Å². The highest BCUT2D eigenvalue weighted by molar-refractivity contribution is 5.09. The van der Waals surface area contributed by atoms with E-state index in [4.69, 9.17) is 4.52 Å². The molecule has 0 bridgehead atoms. The molecule has 2 rings (SSSR count). The molecule has 1 aliphatic carbocycles. The first-order chi connectivity index (χ1) is 5.98. The second kappa shape index (κ2) is 2.56. The van der Waals surface area contributed by atoms with Crippen LogP contribution >= 0.6 is 0 Å². The van der Waals surface area contributed by atoms with E-state index < -0.39 is 0 Å². The smallest absolute Gasteiger partial charge is 0.230 e. The van der Waals surface area contributed by atoms with Crippen LogP contribution in [0.2, 0.25) is 0 Å². The Bertz CT molecular complexity index is 311. The first-order valence-electron chi connectivity index (χ1n) is 4.82. The Morgan fingerprint density at radius 3 is 2.38 bits per heavy atom. The maximum atomic E-state index is 5.22. The van der Waals surface area contributed by atoms with Gasteiger partial charge in [-0.25, -0.2) is 0 Å². The van der Waals surface area contributed by atoms with E-state index in [0.29, 0.717) is 5.92 Å². The Kier molecular flexibility index (Phi) is 1.72. The predicted molar refractivity (Wildman–Crippen MR) is 49.5 cm³/mol. The minimum atomic E-state index is -0.000121. The summed E-state index contributed by atoms with van der Waals surface area (Å²) in [6, 6.07) is 0. The van der Waals surface area contributed by atoms with Crippen molar-refractivity contribution in [1.82, 2.24) is 10.1 Å². The van der Waals surface area contributed by atoms with Crippen molar-refractivity contribution in [2.45, 2.75) is 45.4 Å². The lowest BCUT2D eigenvalue weighted by Gasteiger charge is -2.10. The Morgan fingerprint density at radius 2 is 2.00 bits per heavy atom. The maximum Gasteiger partial charge on any atom is 0.230 e. The summed E-state index contributed by atoms with van der Waals surface area (Å²) in [6.45, 7) is 8.50. The molecule has 0 spiro atoms. The molecule has 2 unspecified atom stereocenters. The van der Waals surface area contributed by atoms with Crippen LogP contribution in [0.4, 0.5) is 0 Å². The molecular weight excluding hydrogens is 164 g/mol. The van der Waals surface area contributed by atoms with Gasteiger partial charge in [-0.1, -0.05) is 32.9 Å². The Hall–Kier alpha value is -0.860. The molecule has 0 radical (unpaired) electrons. The van der Waals surface area contributed by atoms with Gasteiger partial charge in [0.25, 0.3) is 0 Å². The molecule has 0 amide bonds. The molecule has 3 heteroatoms. The number of hydrogen-bond acceptors (Lipinski definition) is 3. The SMILES string of the molecule is CC1CC1c1nc(C(C)(C)C)no1. The quantitative estimate of drug-likeness (QED) is 0.666. The molecule has 1 heterocycles. The highest BCUT2D eigenvalue weighted by Crippen LogP contribution is 2.46. The fraction of sp³-hybridized carbons (Fsp3) is 0.800. The molecule has 13 heavy (non-hydrogen) atoms. The Morgan fingerprint density at radius 1 is 1.38 bits per heavy atom. The van der Waals surface area contributed by atoms with Crippen molar-refractivity contribution in [2.24, 2.45) is 5.92 Å². The zero-order chi connectivity index (χ0) is 9.64. The molecule has 72 valence electrons. The van der Waals surface area contributed by atoms with Crippen molar-refractivity contribution in [3.63, 3.8) is 0 Å². The first-order valence-corrected chi connectivity index (χ1v) is 4.82. The second-order valence-corrected chi connectivity index (χ2v) is 5.03. The minimum absolute atomic E-state index is 0.000121. The third kappa shape index (κ3) is 1.60. The van der Waals surface area contributed by atoms with E-state index in [9.17, 15) is 0 Å². The highest BCUT2D eigenvalue weighted by atomic mass is 16.5. The van der Waals surface area contributed by atoms with Crippen LogP contribution in [-0.2, 0) is 5.41 Å². The molecule has 1 aromatic rings. The summed E-state index contributed by atoms with van der Waals surface area (Å²) in [5.74, 6) is 2.91. The summed E-state index contributed by atoms with van der Waals surface area (Å²) in [7, 11) is 0. The lowest BCUT2D eigenvalue weighted by atomic mass is 9.96. The molecule has 1 fully saturated rings. The number of hydrogen-bond donors (Lipinski definition) is 0. The molecule has 1 aliphatic rings. The third-order valence-corrected chi connectivity index (χ3v) is 2.54. The highest BCUT2D eigenvalue weighted by Gasteiger charge is 2.39. The molecule has 0 aromatic carbocycles. The van der Waals surface area contributed by atoms with Gasteiger partial charge in [0.15, 0.2) is 5.82 Å². The minimum Gasteiger partial charge on any atom is -0.339 e. The van der Waals surface area contributed by atoms with Crippen LogP contribution in [0.1, 0.15) is 51.7 Å². The van der Waals surface area contributed by atoms with Gasteiger partial charge in [0, 0.05) is 11.3 Å². The molecule has 0 aliphatic heterocycles. The number of nitrogens with zero attached hydrogens (tertiary/aromatic N) is 2. The summed E-state index contributed by atoms with van der Waals surface area (Å²) in [5, 5.41) is 4.00. The number of rotatable bonds is 1. The average Bonchev–Trinajstić information content (AvgIpc) is 2.57. The van der Waals surface area contributed by atoms with E-state index in [1.807, 2.05) is 0 Å². The monoisotopic (exact) mass is 180 g/mol. The predicted octanol–water partition coefficient (Wildman–Crippen LogP) is 2.49. The van der Waals surface area contributed by atoms with Gasteiger partial charge in [0.05, 0.1) is 0 Å². The van der Waals surface area contributed by atoms with Gasteiger partial charge in [-0.05, 0) is 12.3 Å². The molecule has 1 aromatic heterocycles.